The number of ether oxygens (including phenoxy) is 2. The van der Waals surface area contributed by atoms with E-state index < -0.39 is 17.7 Å². The van der Waals surface area contributed by atoms with Gasteiger partial charge in [-0.3, -0.25) is 14.5 Å². The molecule has 2 heterocycles. The van der Waals surface area contributed by atoms with Gasteiger partial charge in [0.15, 0.2) is 5.13 Å². The lowest BCUT2D eigenvalue weighted by Gasteiger charge is -2.23. The minimum Gasteiger partial charge on any atom is -0.507 e. The van der Waals surface area contributed by atoms with Crippen LogP contribution in [0.15, 0.2) is 120 Å². The predicted octanol–water partition coefficient (Wildman–Crippen LogP) is 7.24. The molecule has 1 amide bonds. The Morgan fingerprint density at radius 1 is 0.837 bits per heavy atom. The lowest BCUT2D eigenvalue weighted by atomic mass is 9.95. The van der Waals surface area contributed by atoms with Gasteiger partial charge in [0.25, 0.3) is 5.78 Å². The molecule has 1 aliphatic heterocycles. The lowest BCUT2D eigenvalue weighted by Crippen LogP contribution is -2.29. The first-order chi connectivity index (χ1) is 21.0. The Kier molecular flexibility index (Phi) is 8.02. The molecule has 214 valence electrons. The average Bonchev–Trinajstić information content (AvgIpc) is 3.66. The highest BCUT2D eigenvalue weighted by Crippen LogP contribution is 2.43. The molecule has 8 heteroatoms. The minimum absolute atomic E-state index is 0.00779. The second-order valence-corrected chi connectivity index (χ2v) is 11.0. The number of benzene rings is 4. The van der Waals surface area contributed by atoms with Crippen LogP contribution in [-0.4, -0.2) is 21.8 Å². The van der Waals surface area contributed by atoms with Crippen LogP contribution in [0.3, 0.4) is 0 Å². The summed E-state index contributed by atoms with van der Waals surface area (Å²) in [6, 6.07) is 31.0. The average molecular weight is 589 g/mol. The van der Waals surface area contributed by atoms with E-state index in [1.807, 2.05) is 55.5 Å². The molecule has 0 unspecified atom stereocenters. The standard InChI is InChI=1S/C35H28N2O5S/c1-23-6-5-9-25(20-23)22-42-29-16-12-27(13-17-29)32(38)30-31(37(34(40)33(30)39)35-36-18-19-43-35)26-10-14-28(15-11-26)41-21-24-7-3-2-4-8-24/h2-20,31,38H,21-22H2,1H3/t31-/m0/s1. The summed E-state index contributed by atoms with van der Waals surface area (Å²) in [7, 11) is 0. The van der Waals surface area contributed by atoms with Crippen LogP contribution < -0.4 is 14.4 Å². The first-order valence-corrected chi connectivity index (χ1v) is 14.6. The number of rotatable bonds is 9. The van der Waals surface area contributed by atoms with E-state index in [1.54, 1.807) is 60.1 Å². The number of ketones is 1. The predicted molar refractivity (Wildman–Crippen MR) is 166 cm³/mol. The molecule has 0 saturated carbocycles. The Balaban J connectivity index is 1.28. The van der Waals surface area contributed by atoms with Crippen molar-refractivity contribution in [3.8, 4) is 11.5 Å². The van der Waals surface area contributed by atoms with Crippen molar-refractivity contribution < 1.29 is 24.2 Å². The molecule has 1 atom stereocenters. The number of anilines is 1. The molecule has 1 saturated heterocycles. The Labute approximate surface area is 253 Å². The van der Waals surface area contributed by atoms with Crippen molar-refractivity contribution in [1.82, 2.24) is 4.98 Å². The zero-order valence-corrected chi connectivity index (χ0v) is 24.2. The molecule has 5 aromatic rings. The van der Waals surface area contributed by atoms with Gasteiger partial charge in [-0.05, 0) is 60.0 Å². The zero-order chi connectivity index (χ0) is 29.8. The van der Waals surface area contributed by atoms with Crippen molar-refractivity contribution in [2.45, 2.75) is 26.2 Å². The molecule has 7 nitrogen and oxygen atoms in total. The maximum atomic E-state index is 13.4. The molecule has 0 spiro atoms. The Bertz CT molecular complexity index is 1770. The zero-order valence-electron chi connectivity index (χ0n) is 23.3. The molecule has 6 rings (SSSR count). The Hall–Kier alpha value is -5.21. The van der Waals surface area contributed by atoms with E-state index in [4.69, 9.17) is 9.47 Å². The number of Topliss-reactive ketones (excluding diaryl/α,β-unsaturated/α-hetero) is 1. The topological polar surface area (TPSA) is 89.0 Å². The van der Waals surface area contributed by atoms with E-state index in [2.05, 4.69) is 11.1 Å². The summed E-state index contributed by atoms with van der Waals surface area (Å²) in [5.41, 5.74) is 4.26. The number of hydrogen-bond acceptors (Lipinski definition) is 7. The number of nitrogens with zero attached hydrogens (tertiary/aromatic N) is 2. The number of amides is 1. The van der Waals surface area contributed by atoms with Crippen molar-refractivity contribution >= 4 is 33.9 Å². The van der Waals surface area contributed by atoms with Gasteiger partial charge in [-0.25, -0.2) is 4.98 Å². The molecule has 1 aromatic heterocycles. The maximum Gasteiger partial charge on any atom is 0.301 e. The highest BCUT2D eigenvalue weighted by Gasteiger charge is 2.48. The monoisotopic (exact) mass is 588 g/mol. The number of carbonyl (C=O) groups excluding carboxylic acids is 2. The van der Waals surface area contributed by atoms with Crippen LogP contribution in [0.1, 0.15) is 33.9 Å². The van der Waals surface area contributed by atoms with E-state index in [9.17, 15) is 14.7 Å². The number of hydrogen-bond donors (Lipinski definition) is 1. The van der Waals surface area contributed by atoms with E-state index in [-0.39, 0.29) is 11.3 Å². The normalized spacial score (nSPS) is 15.9. The number of aliphatic hydroxyl groups excluding tert-OH is 1. The molecule has 0 aliphatic carbocycles. The van der Waals surface area contributed by atoms with Gasteiger partial charge in [0.05, 0.1) is 11.6 Å². The quantitative estimate of drug-likeness (QED) is 0.111. The van der Waals surface area contributed by atoms with Gasteiger partial charge in [-0.15, -0.1) is 11.3 Å². The first kappa shape index (κ1) is 27.9. The number of aromatic nitrogens is 1. The van der Waals surface area contributed by atoms with E-state index in [0.717, 1.165) is 16.7 Å². The van der Waals surface area contributed by atoms with Crippen LogP contribution in [0.25, 0.3) is 5.76 Å². The van der Waals surface area contributed by atoms with E-state index >= 15 is 0 Å². The number of aryl methyl sites for hydroxylation is 1. The smallest absolute Gasteiger partial charge is 0.301 e. The summed E-state index contributed by atoms with van der Waals surface area (Å²) < 4.78 is 11.8. The van der Waals surface area contributed by atoms with Crippen LogP contribution >= 0.6 is 11.3 Å². The van der Waals surface area contributed by atoms with Crippen molar-refractivity contribution in [2.75, 3.05) is 4.90 Å². The molecule has 1 N–H and O–H groups in total. The van der Waals surface area contributed by atoms with Gasteiger partial charge in [0.2, 0.25) is 0 Å². The largest absolute Gasteiger partial charge is 0.507 e. The SMILES string of the molecule is Cc1cccc(COc2ccc(C(O)=C3C(=O)C(=O)N(c4nccs4)[C@H]3c3ccc(OCc4ccccc4)cc3)cc2)c1. The second-order valence-electron chi connectivity index (χ2n) is 10.1. The maximum absolute atomic E-state index is 13.4. The molecular formula is C35H28N2O5S. The third-order valence-electron chi connectivity index (χ3n) is 7.13. The summed E-state index contributed by atoms with van der Waals surface area (Å²) in [6.45, 7) is 2.83. The van der Waals surface area contributed by atoms with Crippen molar-refractivity contribution in [3.63, 3.8) is 0 Å². The summed E-state index contributed by atoms with van der Waals surface area (Å²) in [5.74, 6) is -0.535. The van der Waals surface area contributed by atoms with Crippen LogP contribution in [0.4, 0.5) is 5.13 Å². The van der Waals surface area contributed by atoms with Crippen LogP contribution in [0.5, 0.6) is 11.5 Å². The number of thiazole rings is 1. The van der Waals surface area contributed by atoms with Gasteiger partial charge in [0, 0.05) is 17.1 Å². The third kappa shape index (κ3) is 6.05. The van der Waals surface area contributed by atoms with E-state index in [1.165, 1.54) is 16.2 Å². The first-order valence-electron chi connectivity index (χ1n) is 13.7. The molecular weight excluding hydrogens is 560 g/mol. The van der Waals surface area contributed by atoms with Crippen molar-refractivity contribution in [3.05, 3.63) is 148 Å². The Morgan fingerprint density at radius 3 is 2.14 bits per heavy atom. The highest BCUT2D eigenvalue weighted by atomic mass is 32.1. The fourth-order valence-electron chi connectivity index (χ4n) is 5.00. The molecule has 1 fully saturated rings. The van der Waals surface area contributed by atoms with Crippen LogP contribution in [-0.2, 0) is 22.8 Å². The second kappa shape index (κ2) is 12.3. The van der Waals surface area contributed by atoms with Crippen molar-refractivity contribution in [2.24, 2.45) is 0 Å². The van der Waals surface area contributed by atoms with Crippen LogP contribution in [0, 0.1) is 6.92 Å². The molecule has 43 heavy (non-hydrogen) atoms. The fourth-order valence-corrected chi connectivity index (χ4v) is 5.67. The van der Waals surface area contributed by atoms with Crippen molar-refractivity contribution in [1.29, 1.82) is 0 Å². The fraction of sp³-hybridized carbons (Fsp3) is 0.114. The van der Waals surface area contributed by atoms with Gasteiger partial charge in [-0.1, -0.05) is 72.3 Å². The number of aliphatic hydroxyl groups is 1. The summed E-state index contributed by atoms with van der Waals surface area (Å²) in [6.07, 6.45) is 1.58. The van der Waals surface area contributed by atoms with Gasteiger partial charge < -0.3 is 14.6 Å². The lowest BCUT2D eigenvalue weighted by molar-refractivity contribution is -0.132. The third-order valence-corrected chi connectivity index (χ3v) is 7.90. The Morgan fingerprint density at radius 2 is 1.49 bits per heavy atom. The summed E-state index contributed by atoms with van der Waals surface area (Å²) in [5, 5.41) is 13.6. The molecule has 0 radical (unpaired) electrons. The number of carbonyl (C=O) groups is 2. The van der Waals surface area contributed by atoms with E-state index in [0.29, 0.717) is 41.0 Å². The summed E-state index contributed by atoms with van der Waals surface area (Å²) in [4.78, 5) is 32.4. The van der Waals surface area contributed by atoms with Crippen LogP contribution in [0.2, 0.25) is 0 Å². The van der Waals surface area contributed by atoms with Gasteiger partial charge in [0.1, 0.15) is 30.5 Å². The van der Waals surface area contributed by atoms with Gasteiger partial charge >= 0.3 is 5.91 Å². The molecule has 1 aliphatic rings. The highest BCUT2D eigenvalue weighted by molar-refractivity contribution is 7.14. The molecule has 4 aromatic carbocycles. The molecule has 0 bridgehead atoms. The minimum atomic E-state index is -0.869. The summed E-state index contributed by atoms with van der Waals surface area (Å²) >= 11 is 1.25. The van der Waals surface area contributed by atoms with Gasteiger partial charge in [-0.2, -0.15) is 0 Å².